The maximum atomic E-state index is 13.4. The maximum Gasteiger partial charge on any atom is 0.246 e. The maximum absolute atomic E-state index is 13.4. The van der Waals surface area contributed by atoms with Gasteiger partial charge in [-0.2, -0.15) is 4.98 Å². The summed E-state index contributed by atoms with van der Waals surface area (Å²) in [5.74, 6) is -0.528. The van der Waals surface area contributed by atoms with Crippen molar-refractivity contribution in [2.75, 3.05) is 18.9 Å². The van der Waals surface area contributed by atoms with Gasteiger partial charge in [0.1, 0.15) is 18.0 Å². The molecule has 0 radical (unpaired) electrons. The Kier molecular flexibility index (Phi) is 5.06. The van der Waals surface area contributed by atoms with Gasteiger partial charge in [0, 0.05) is 21.2 Å². The van der Waals surface area contributed by atoms with Crippen LogP contribution in [0.25, 0.3) is 5.69 Å². The molecule has 0 spiro atoms. The highest BCUT2D eigenvalue weighted by atomic mass is 19.1. The minimum Gasteiger partial charge on any atom is -0.323 e. The number of aromatic nitrogens is 3. The third-order valence-corrected chi connectivity index (χ3v) is 4.91. The monoisotopic (exact) mass is 388 g/mol. The lowest BCUT2D eigenvalue weighted by atomic mass is 9.95. The lowest BCUT2D eigenvalue weighted by molar-refractivity contribution is 0.526. The van der Waals surface area contributed by atoms with Crippen LogP contribution in [0.4, 0.5) is 20.4 Å². The van der Waals surface area contributed by atoms with Gasteiger partial charge in [-0.25, -0.2) is 13.5 Å². The van der Waals surface area contributed by atoms with Crippen LogP contribution < -0.4 is 16.0 Å². The van der Waals surface area contributed by atoms with Crippen molar-refractivity contribution in [1.29, 1.82) is 0 Å². The zero-order chi connectivity index (χ0) is 19.7. The summed E-state index contributed by atoms with van der Waals surface area (Å²) in [5.41, 5.74) is 3.54. The molecule has 0 bridgehead atoms. The molecule has 2 aromatic carbocycles. The standard InChI is InChI=1S/C20H22F2N6.2H2/c1-12-3-13(14-6-19(23-2)24-10-14)5-17(4-12)26-20-25-11-28(27-20)18-8-15(21)7-16(22)9-18;;/h3-5,7-9,11,14,19,23-24H,6,10H2,1-2H3,(H,26,27);2*1H. The van der Waals surface area contributed by atoms with Gasteiger partial charge in [-0.3, -0.25) is 0 Å². The molecule has 4 rings (SSSR count). The number of benzene rings is 2. The van der Waals surface area contributed by atoms with Crippen LogP contribution >= 0.6 is 0 Å². The molecule has 150 valence electrons. The molecule has 1 aromatic heterocycles. The van der Waals surface area contributed by atoms with Crippen LogP contribution in [0.2, 0.25) is 0 Å². The number of rotatable bonds is 5. The topological polar surface area (TPSA) is 66.8 Å². The van der Waals surface area contributed by atoms with E-state index in [1.807, 2.05) is 20.0 Å². The molecule has 1 fully saturated rings. The van der Waals surface area contributed by atoms with E-state index in [9.17, 15) is 8.78 Å². The minimum absolute atomic E-state index is 0. The first-order valence-electron chi connectivity index (χ1n) is 9.17. The summed E-state index contributed by atoms with van der Waals surface area (Å²) in [5, 5.41) is 14.2. The summed E-state index contributed by atoms with van der Waals surface area (Å²) in [6.45, 7) is 2.97. The summed E-state index contributed by atoms with van der Waals surface area (Å²) in [7, 11) is 1.95. The second-order valence-corrected chi connectivity index (χ2v) is 7.08. The van der Waals surface area contributed by atoms with Crippen LogP contribution in [0.15, 0.2) is 42.7 Å². The van der Waals surface area contributed by atoms with E-state index in [-0.39, 0.29) is 8.54 Å². The molecule has 1 aliphatic heterocycles. The van der Waals surface area contributed by atoms with E-state index >= 15 is 0 Å². The van der Waals surface area contributed by atoms with Crippen molar-refractivity contribution >= 4 is 11.6 Å². The average molecular weight is 388 g/mol. The summed E-state index contributed by atoms with van der Waals surface area (Å²) >= 11 is 0. The molecule has 2 atom stereocenters. The molecular formula is C20H26F2N6. The number of halogens is 2. The largest absolute Gasteiger partial charge is 0.323 e. The van der Waals surface area contributed by atoms with Crippen molar-refractivity contribution in [3.8, 4) is 5.69 Å². The smallest absolute Gasteiger partial charge is 0.246 e. The third-order valence-electron chi connectivity index (χ3n) is 4.91. The van der Waals surface area contributed by atoms with Crippen LogP contribution in [0, 0.1) is 18.6 Å². The highest BCUT2D eigenvalue weighted by molar-refractivity contribution is 5.56. The molecule has 3 N–H and O–H groups in total. The van der Waals surface area contributed by atoms with Crippen molar-refractivity contribution in [3.05, 3.63) is 65.5 Å². The number of nitrogens with zero attached hydrogens (tertiary/aromatic N) is 3. The molecule has 6 nitrogen and oxygen atoms in total. The van der Waals surface area contributed by atoms with Crippen molar-refractivity contribution < 1.29 is 11.6 Å². The summed E-state index contributed by atoms with van der Waals surface area (Å²) in [6, 6.07) is 9.54. The van der Waals surface area contributed by atoms with E-state index in [1.165, 1.54) is 28.7 Å². The Morgan fingerprint density at radius 3 is 2.64 bits per heavy atom. The van der Waals surface area contributed by atoms with E-state index < -0.39 is 11.6 Å². The normalized spacial score (nSPS) is 19.1. The quantitative estimate of drug-likeness (QED) is 0.622. The summed E-state index contributed by atoms with van der Waals surface area (Å²) in [6.07, 6.45) is 2.77. The Morgan fingerprint density at radius 1 is 1.14 bits per heavy atom. The summed E-state index contributed by atoms with van der Waals surface area (Å²) in [4.78, 5) is 4.20. The van der Waals surface area contributed by atoms with Crippen molar-refractivity contribution in [3.63, 3.8) is 0 Å². The van der Waals surface area contributed by atoms with Gasteiger partial charge in [0.2, 0.25) is 5.95 Å². The Morgan fingerprint density at radius 2 is 1.93 bits per heavy atom. The fourth-order valence-corrected chi connectivity index (χ4v) is 3.58. The number of anilines is 2. The fraction of sp³-hybridized carbons (Fsp3) is 0.300. The van der Waals surface area contributed by atoms with Crippen LogP contribution in [0.1, 0.15) is 26.3 Å². The van der Waals surface area contributed by atoms with Gasteiger partial charge < -0.3 is 16.0 Å². The molecule has 1 saturated heterocycles. The molecule has 3 aromatic rings. The number of aryl methyl sites for hydroxylation is 1. The van der Waals surface area contributed by atoms with Gasteiger partial charge in [0.15, 0.2) is 0 Å². The first-order valence-corrected chi connectivity index (χ1v) is 9.17. The lowest BCUT2D eigenvalue weighted by Crippen LogP contribution is -2.34. The van der Waals surface area contributed by atoms with Gasteiger partial charge in [-0.1, -0.05) is 6.07 Å². The van der Waals surface area contributed by atoms with Crippen molar-refractivity contribution in [2.24, 2.45) is 0 Å². The van der Waals surface area contributed by atoms with Gasteiger partial charge in [0.05, 0.1) is 11.9 Å². The van der Waals surface area contributed by atoms with Gasteiger partial charge >= 0.3 is 0 Å². The number of nitrogens with one attached hydrogen (secondary N) is 3. The highest BCUT2D eigenvalue weighted by Gasteiger charge is 2.24. The van der Waals surface area contributed by atoms with E-state index in [1.54, 1.807) is 0 Å². The molecule has 2 heterocycles. The van der Waals surface area contributed by atoms with E-state index in [4.69, 9.17) is 0 Å². The van der Waals surface area contributed by atoms with Crippen molar-refractivity contribution in [1.82, 2.24) is 25.4 Å². The molecule has 0 amide bonds. The Labute approximate surface area is 165 Å². The predicted molar refractivity (Wildman–Crippen MR) is 108 cm³/mol. The van der Waals surface area contributed by atoms with Crippen LogP contribution in [0.5, 0.6) is 0 Å². The number of hydrogen-bond acceptors (Lipinski definition) is 5. The molecule has 1 aliphatic rings. The molecule has 0 aliphatic carbocycles. The Hall–Kier alpha value is -2.84. The molecular weight excluding hydrogens is 362 g/mol. The van der Waals surface area contributed by atoms with E-state index in [0.29, 0.717) is 18.0 Å². The van der Waals surface area contributed by atoms with Crippen LogP contribution in [-0.4, -0.2) is 34.5 Å². The SMILES string of the molecule is CNC1CC(c2cc(C)cc(Nc3ncn(-c4cc(F)cc(F)c4)n3)c2)CN1.[HH].[HH]. The second kappa shape index (κ2) is 7.65. The zero-order valence-corrected chi connectivity index (χ0v) is 15.7. The van der Waals surface area contributed by atoms with E-state index in [0.717, 1.165) is 30.3 Å². The molecule has 0 saturated carbocycles. The summed E-state index contributed by atoms with van der Waals surface area (Å²) < 4.78 is 28.2. The number of hydrogen-bond donors (Lipinski definition) is 3. The van der Waals surface area contributed by atoms with Gasteiger partial charge in [0.25, 0.3) is 0 Å². The molecule has 8 heteroatoms. The molecule has 28 heavy (non-hydrogen) atoms. The minimum atomic E-state index is -0.659. The highest BCUT2D eigenvalue weighted by Crippen LogP contribution is 2.29. The Bertz CT molecular complexity index is 977. The van der Waals surface area contributed by atoms with E-state index in [2.05, 4.69) is 38.2 Å². The van der Waals surface area contributed by atoms with Gasteiger partial charge in [-0.05, 0) is 61.7 Å². The lowest BCUT2D eigenvalue weighted by Gasteiger charge is -2.13. The van der Waals surface area contributed by atoms with Crippen LogP contribution in [-0.2, 0) is 0 Å². The average Bonchev–Trinajstić information content (AvgIpc) is 3.29. The predicted octanol–water partition coefficient (Wildman–Crippen LogP) is 3.71. The molecule has 2 unspecified atom stereocenters. The zero-order valence-electron chi connectivity index (χ0n) is 15.7. The first-order chi connectivity index (χ1) is 13.5. The van der Waals surface area contributed by atoms with Gasteiger partial charge in [-0.15, -0.1) is 5.10 Å². The van der Waals surface area contributed by atoms with Crippen LogP contribution in [0.3, 0.4) is 0 Å². The Balaban J connectivity index is 0.00000160. The first kappa shape index (κ1) is 18.5. The third kappa shape index (κ3) is 4.02. The second-order valence-electron chi connectivity index (χ2n) is 7.08. The fourth-order valence-electron chi connectivity index (χ4n) is 3.58. The van der Waals surface area contributed by atoms with Crippen molar-refractivity contribution in [2.45, 2.75) is 25.4 Å².